The lowest BCUT2D eigenvalue weighted by atomic mass is 10.1. The van der Waals surface area contributed by atoms with Crippen LogP contribution in [0.4, 0.5) is 0 Å². The molecule has 7 heteroatoms. The molecule has 0 saturated carbocycles. The first-order valence-electron chi connectivity index (χ1n) is 11.9. The normalized spacial score (nSPS) is 11.1. The van der Waals surface area contributed by atoms with E-state index >= 15 is 0 Å². The molecular formula is C23H46N2O4S. The van der Waals surface area contributed by atoms with Crippen LogP contribution in [-0.4, -0.2) is 60.4 Å². The summed E-state index contributed by atoms with van der Waals surface area (Å²) in [4.78, 5) is 23.0. The molecule has 0 bridgehead atoms. The van der Waals surface area contributed by atoms with Crippen LogP contribution in [0.15, 0.2) is 0 Å². The first-order valence-corrected chi connectivity index (χ1v) is 13.3. The van der Waals surface area contributed by atoms with E-state index < -0.39 is 0 Å². The third-order valence-corrected chi connectivity index (χ3v) is 5.55. The van der Waals surface area contributed by atoms with Gasteiger partial charge in [0, 0.05) is 26.1 Å². The SMILES string of the molecule is CCCCCCCCCOC(=O)CCCCCCCN(O)CCCNC(=O)CSC. The molecule has 178 valence electrons. The Morgan fingerprint density at radius 2 is 1.47 bits per heavy atom. The van der Waals surface area contributed by atoms with Crippen molar-refractivity contribution in [2.45, 2.75) is 96.8 Å². The number of amides is 1. The summed E-state index contributed by atoms with van der Waals surface area (Å²) in [6, 6.07) is 0. The van der Waals surface area contributed by atoms with Gasteiger partial charge in [-0.3, -0.25) is 9.59 Å². The molecule has 6 nitrogen and oxygen atoms in total. The van der Waals surface area contributed by atoms with E-state index in [4.69, 9.17) is 4.74 Å². The molecule has 0 saturated heterocycles. The third kappa shape index (κ3) is 21.9. The van der Waals surface area contributed by atoms with E-state index in [1.807, 2.05) is 6.26 Å². The Morgan fingerprint density at radius 3 is 2.17 bits per heavy atom. The molecule has 0 aromatic carbocycles. The monoisotopic (exact) mass is 446 g/mol. The smallest absolute Gasteiger partial charge is 0.305 e. The van der Waals surface area contributed by atoms with E-state index in [1.165, 1.54) is 48.9 Å². The van der Waals surface area contributed by atoms with E-state index in [9.17, 15) is 14.8 Å². The maximum absolute atomic E-state index is 11.7. The topological polar surface area (TPSA) is 78.9 Å². The highest BCUT2D eigenvalue weighted by molar-refractivity contribution is 7.99. The number of nitrogens with zero attached hydrogens (tertiary/aromatic N) is 1. The summed E-state index contributed by atoms with van der Waals surface area (Å²) in [7, 11) is 0. The van der Waals surface area contributed by atoms with Crippen molar-refractivity contribution in [1.82, 2.24) is 10.4 Å². The summed E-state index contributed by atoms with van der Waals surface area (Å²) in [6.45, 7) is 4.62. The Labute approximate surface area is 188 Å². The number of esters is 1. The van der Waals surface area contributed by atoms with E-state index in [1.54, 1.807) is 0 Å². The average molecular weight is 447 g/mol. The molecular weight excluding hydrogens is 400 g/mol. The maximum atomic E-state index is 11.7. The van der Waals surface area contributed by atoms with Crippen molar-refractivity contribution in [3.63, 3.8) is 0 Å². The number of hydrogen-bond acceptors (Lipinski definition) is 6. The van der Waals surface area contributed by atoms with Crippen LogP contribution in [0.3, 0.4) is 0 Å². The molecule has 0 spiro atoms. The molecule has 0 fully saturated rings. The highest BCUT2D eigenvalue weighted by Crippen LogP contribution is 2.09. The number of carbonyl (C=O) groups is 2. The lowest BCUT2D eigenvalue weighted by Gasteiger charge is -2.14. The second-order valence-electron chi connectivity index (χ2n) is 7.95. The Morgan fingerprint density at radius 1 is 0.867 bits per heavy atom. The molecule has 0 aliphatic heterocycles. The van der Waals surface area contributed by atoms with Crippen LogP contribution in [0.25, 0.3) is 0 Å². The molecule has 0 aliphatic carbocycles. The molecule has 1 amide bonds. The van der Waals surface area contributed by atoms with Crippen molar-refractivity contribution >= 4 is 23.6 Å². The van der Waals surface area contributed by atoms with Crippen LogP contribution in [0.2, 0.25) is 0 Å². The fourth-order valence-corrected chi connectivity index (χ4v) is 3.56. The first-order chi connectivity index (χ1) is 14.6. The number of unbranched alkanes of at least 4 members (excludes halogenated alkanes) is 10. The van der Waals surface area contributed by atoms with E-state index in [0.717, 1.165) is 51.4 Å². The van der Waals surface area contributed by atoms with Crippen molar-refractivity contribution in [2.24, 2.45) is 0 Å². The second kappa shape index (κ2) is 22.9. The number of hydroxylamine groups is 2. The van der Waals surface area contributed by atoms with Crippen LogP contribution < -0.4 is 5.32 Å². The summed E-state index contributed by atoms with van der Waals surface area (Å²) >= 11 is 1.50. The van der Waals surface area contributed by atoms with Crippen molar-refractivity contribution < 1.29 is 19.5 Å². The summed E-state index contributed by atoms with van der Waals surface area (Å²) in [5.74, 6) is 0.473. The van der Waals surface area contributed by atoms with Gasteiger partial charge in [0.25, 0.3) is 0 Å². The van der Waals surface area contributed by atoms with E-state index in [2.05, 4.69) is 12.2 Å². The quantitative estimate of drug-likeness (QED) is 0.135. The zero-order valence-electron chi connectivity index (χ0n) is 19.5. The second-order valence-corrected chi connectivity index (χ2v) is 8.82. The van der Waals surface area contributed by atoms with Crippen LogP contribution in [0, 0.1) is 0 Å². The summed E-state index contributed by atoms with van der Waals surface area (Å²) in [5, 5.41) is 14.0. The van der Waals surface area contributed by atoms with Crippen molar-refractivity contribution in [1.29, 1.82) is 0 Å². The van der Waals surface area contributed by atoms with E-state index in [0.29, 0.717) is 38.4 Å². The summed E-state index contributed by atoms with van der Waals surface area (Å²) in [5.41, 5.74) is 0. The van der Waals surface area contributed by atoms with Gasteiger partial charge in [-0.1, -0.05) is 64.7 Å². The van der Waals surface area contributed by atoms with Gasteiger partial charge in [-0.15, -0.1) is 0 Å². The molecule has 0 aromatic heterocycles. The minimum absolute atomic E-state index is 0.0497. The Bertz CT molecular complexity index is 411. The van der Waals surface area contributed by atoms with Gasteiger partial charge in [0.1, 0.15) is 0 Å². The standard InChI is InChI=1S/C23H46N2O4S/c1-3-4-5-6-7-11-14-20-29-23(27)16-12-9-8-10-13-18-25(28)19-15-17-24-22(26)21-30-2/h28H,3-21H2,1-2H3,(H,24,26). The van der Waals surface area contributed by atoms with Gasteiger partial charge in [0.05, 0.1) is 12.4 Å². The molecule has 2 N–H and O–H groups in total. The highest BCUT2D eigenvalue weighted by Gasteiger charge is 2.04. The Hall–Kier alpha value is -0.790. The van der Waals surface area contributed by atoms with Crippen molar-refractivity contribution in [3.8, 4) is 0 Å². The van der Waals surface area contributed by atoms with Gasteiger partial charge in [-0.05, 0) is 31.9 Å². The Balaban J connectivity index is 3.32. The van der Waals surface area contributed by atoms with Crippen molar-refractivity contribution in [3.05, 3.63) is 0 Å². The number of carbonyl (C=O) groups excluding carboxylic acids is 2. The van der Waals surface area contributed by atoms with Gasteiger partial charge in [-0.25, -0.2) is 0 Å². The highest BCUT2D eigenvalue weighted by atomic mass is 32.2. The first kappa shape index (κ1) is 29.2. The summed E-state index contributed by atoms with van der Waals surface area (Å²) < 4.78 is 5.30. The number of rotatable bonds is 22. The summed E-state index contributed by atoms with van der Waals surface area (Å²) in [6.07, 6.45) is 16.8. The fourth-order valence-electron chi connectivity index (χ4n) is 3.19. The zero-order chi connectivity index (χ0) is 22.3. The van der Waals surface area contributed by atoms with Gasteiger partial charge in [-0.2, -0.15) is 16.8 Å². The lowest BCUT2D eigenvalue weighted by molar-refractivity contribution is -0.143. The molecule has 0 heterocycles. The minimum Gasteiger partial charge on any atom is -0.466 e. The molecule has 0 atom stereocenters. The molecule has 30 heavy (non-hydrogen) atoms. The fraction of sp³-hybridized carbons (Fsp3) is 0.913. The largest absolute Gasteiger partial charge is 0.466 e. The lowest BCUT2D eigenvalue weighted by Crippen LogP contribution is -2.29. The average Bonchev–Trinajstić information content (AvgIpc) is 2.72. The van der Waals surface area contributed by atoms with E-state index in [-0.39, 0.29) is 11.9 Å². The zero-order valence-corrected chi connectivity index (χ0v) is 20.3. The van der Waals surface area contributed by atoms with Crippen LogP contribution in [0.1, 0.15) is 96.8 Å². The van der Waals surface area contributed by atoms with Crippen LogP contribution in [-0.2, 0) is 14.3 Å². The predicted octanol–water partition coefficient (Wildman–Crippen LogP) is 5.18. The predicted molar refractivity (Wildman–Crippen MR) is 126 cm³/mol. The molecule has 0 unspecified atom stereocenters. The number of thioether (sulfide) groups is 1. The molecule has 0 aliphatic rings. The number of ether oxygens (including phenoxy) is 1. The number of hydrogen-bond donors (Lipinski definition) is 2. The van der Waals surface area contributed by atoms with Crippen molar-refractivity contribution in [2.75, 3.05) is 38.2 Å². The van der Waals surface area contributed by atoms with Crippen LogP contribution in [0.5, 0.6) is 0 Å². The van der Waals surface area contributed by atoms with Gasteiger partial charge >= 0.3 is 5.97 Å². The van der Waals surface area contributed by atoms with Gasteiger partial charge in [0.2, 0.25) is 5.91 Å². The Kier molecular flexibility index (Phi) is 22.3. The molecule has 0 rings (SSSR count). The third-order valence-electron chi connectivity index (χ3n) is 5.00. The van der Waals surface area contributed by atoms with Gasteiger partial charge in [0.15, 0.2) is 0 Å². The molecule has 0 radical (unpaired) electrons. The maximum Gasteiger partial charge on any atom is 0.305 e. The van der Waals surface area contributed by atoms with Gasteiger partial charge < -0.3 is 15.3 Å². The van der Waals surface area contributed by atoms with Crippen LogP contribution >= 0.6 is 11.8 Å². The number of nitrogens with one attached hydrogen (secondary N) is 1. The minimum atomic E-state index is -0.0628. The molecule has 0 aromatic rings.